The van der Waals surface area contributed by atoms with E-state index in [4.69, 9.17) is 49.0 Å². The lowest BCUT2D eigenvalue weighted by molar-refractivity contribution is -0.384. The second kappa shape index (κ2) is 10.4. The molecule has 0 spiro atoms. The van der Waals surface area contributed by atoms with Gasteiger partial charge in [0.25, 0.3) is 5.69 Å². The molecule has 0 aromatic heterocycles. The maximum atomic E-state index is 12.6. The summed E-state index contributed by atoms with van der Waals surface area (Å²) in [6, 6.07) is 13.2. The van der Waals surface area contributed by atoms with E-state index in [2.05, 4.69) is 4.99 Å². The van der Waals surface area contributed by atoms with Crippen molar-refractivity contribution >= 4 is 64.4 Å². The summed E-state index contributed by atoms with van der Waals surface area (Å²) < 4.78 is 15.9. The molecule has 1 aliphatic rings. The predicted octanol–water partition coefficient (Wildman–Crippen LogP) is 6.13. The average molecular weight is 548 g/mol. The Hall–Kier alpha value is -3.92. The zero-order chi connectivity index (χ0) is 26.0. The molecule has 3 aromatic rings. The highest BCUT2D eigenvalue weighted by Gasteiger charge is 2.27. The number of nitro groups is 1. The smallest absolute Gasteiger partial charge is 0.363 e. The molecule has 0 fully saturated rings. The van der Waals surface area contributed by atoms with Crippen LogP contribution in [0.1, 0.15) is 21.5 Å². The van der Waals surface area contributed by atoms with Gasteiger partial charge >= 0.3 is 11.9 Å². The largest absolute Gasteiger partial charge is 0.493 e. The first-order chi connectivity index (χ1) is 17.2. The summed E-state index contributed by atoms with van der Waals surface area (Å²) in [5.41, 5.74) is 0.264. The number of carbonyl (C=O) groups excluding carboxylic acids is 2. The maximum absolute atomic E-state index is 12.6. The van der Waals surface area contributed by atoms with E-state index in [0.717, 1.165) is 6.07 Å². The SMILES string of the molecule is COc1cc(/C=C2\N=C(c3ccc(Cl)c([N+](=O)[O-])c3)OC2=O)cc(Cl)c1OC(=O)c1ccccc1Cl. The number of ether oxygens (including phenoxy) is 3. The third-order valence-electron chi connectivity index (χ3n) is 4.85. The monoisotopic (exact) mass is 546 g/mol. The van der Waals surface area contributed by atoms with Crippen LogP contribution in [0.2, 0.25) is 15.1 Å². The van der Waals surface area contributed by atoms with Crippen LogP contribution in [-0.2, 0) is 9.53 Å². The molecule has 0 saturated heterocycles. The van der Waals surface area contributed by atoms with Crippen molar-refractivity contribution in [1.29, 1.82) is 0 Å². The number of hydrogen-bond acceptors (Lipinski definition) is 8. The van der Waals surface area contributed by atoms with Crippen LogP contribution in [-0.4, -0.2) is 29.9 Å². The Morgan fingerprint density at radius 1 is 1.06 bits per heavy atom. The van der Waals surface area contributed by atoms with Gasteiger partial charge in [-0.3, -0.25) is 10.1 Å². The molecule has 1 aliphatic heterocycles. The van der Waals surface area contributed by atoms with E-state index in [1.54, 1.807) is 18.2 Å². The molecular formula is C24H13Cl3N2O7. The van der Waals surface area contributed by atoms with Crippen molar-refractivity contribution in [3.63, 3.8) is 0 Å². The quantitative estimate of drug-likeness (QED) is 0.120. The number of aliphatic imine (C=N–C) groups is 1. The van der Waals surface area contributed by atoms with Crippen LogP contribution in [0.15, 0.2) is 65.3 Å². The lowest BCUT2D eigenvalue weighted by atomic mass is 10.1. The molecule has 12 heteroatoms. The number of rotatable bonds is 6. The molecular weight excluding hydrogens is 535 g/mol. The predicted molar refractivity (Wildman–Crippen MR) is 133 cm³/mol. The van der Waals surface area contributed by atoms with E-state index in [1.807, 2.05) is 0 Å². The number of nitro benzene ring substituents is 1. The number of benzene rings is 3. The normalized spacial score (nSPS) is 13.8. The molecule has 0 radical (unpaired) electrons. The van der Waals surface area contributed by atoms with Gasteiger partial charge in [0.1, 0.15) is 5.02 Å². The van der Waals surface area contributed by atoms with Crippen LogP contribution < -0.4 is 9.47 Å². The van der Waals surface area contributed by atoms with Crippen LogP contribution in [0.25, 0.3) is 6.08 Å². The molecule has 0 amide bonds. The van der Waals surface area contributed by atoms with Crippen LogP contribution in [0.5, 0.6) is 11.5 Å². The zero-order valence-electron chi connectivity index (χ0n) is 18.2. The standard InChI is InChI=1S/C24H13Cl3N2O7/c1-34-20-10-12(8-17(27)21(20)35-23(30)14-4-2-3-5-15(14)25)9-18-24(31)36-22(28-18)13-6-7-16(26)19(11-13)29(32)33/h2-11H,1H3/b18-9-. The highest BCUT2D eigenvalue weighted by Crippen LogP contribution is 2.38. The molecule has 182 valence electrons. The van der Waals surface area contributed by atoms with Gasteiger partial charge in [-0.2, -0.15) is 0 Å². The fourth-order valence-electron chi connectivity index (χ4n) is 3.17. The minimum Gasteiger partial charge on any atom is -0.493 e. The van der Waals surface area contributed by atoms with Crippen LogP contribution in [0.4, 0.5) is 5.69 Å². The van der Waals surface area contributed by atoms with Gasteiger partial charge in [0, 0.05) is 11.6 Å². The second-order valence-electron chi connectivity index (χ2n) is 7.16. The topological polar surface area (TPSA) is 117 Å². The number of nitrogens with zero attached hydrogens (tertiary/aromatic N) is 2. The van der Waals surface area contributed by atoms with Crippen LogP contribution >= 0.6 is 34.8 Å². The lowest BCUT2D eigenvalue weighted by Gasteiger charge is -2.12. The van der Waals surface area contributed by atoms with Gasteiger partial charge in [-0.15, -0.1) is 0 Å². The third-order valence-corrected chi connectivity index (χ3v) is 5.78. The molecule has 0 bridgehead atoms. The number of halogens is 3. The van der Waals surface area contributed by atoms with E-state index in [-0.39, 0.29) is 55.0 Å². The summed E-state index contributed by atoms with van der Waals surface area (Å²) in [6.45, 7) is 0. The molecule has 36 heavy (non-hydrogen) atoms. The van der Waals surface area contributed by atoms with Crippen molar-refractivity contribution in [1.82, 2.24) is 0 Å². The molecule has 0 N–H and O–H groups in total. The number of hydrogen-bond donors (Lipinski definition) is 0. The molecule has 4 rings (SSSR count). The summed E-state index contributed by atoms with van der Waals surface area (Å²) in [5.74, 6) is -1.59. The van der Waals surface area contributed by atoms with E-state index in [1.165, 1.54) is 43.5 Å². The Bertz CT molecular complexity index is 1480. The van der Waals surface area contributed by atoms with Crippen LogP contribution in [0.3, 0.4) is 0 Å². The molecule has 0 aliphatic carbocycles. The van der Waals surface area contributed by atoms with Gasteiger partial charge in [0.2, 0.25) is 5.90 Å². The highest BCUT2D eigenvalue weighted by molar-refractivity contribution is 6.34. The Morgan fingerprint density at radius 3 is 2.50 bits per heavy atom. The minimum atomic E-state index is -0.785. The van der Waals surface area contributed by atoms with Crippen molar-refractivity contribution < 1.29 is 28.7 Å². The Morgan fingerprint density at radius 2 is 1.81 bits per heavy atom. The van der Waals surface area contributed by atoms with Crippen molar-refractivity contribution in [3.05, 3.63) is 102 Å². The fourth-order valence-corrected chi connectivity index (χ4v) is 3.83. The Labute approximate surface area is 218 Å². The Balaban J connectivity index is 1.65. The number of carbonyl (C=O) groups is 2. The van der Waals surface area contributed by atoms with Crippen LogP contribution in [0, 0.1) is 10.1 Å². The number of esters is 2. The lowest BCUT2D eigenvalue weighted by Crippen LogP contribution is -2.10. The first-order valence-electron chi connectivity index (χ1n) is 9.99. The Kier molecular flexibility index (Phi) is 7.25. The molecule has 3 aromatic carbocycles. The summed E-state index contributed by atoms with van der Waals surface area (Å²) in [7, 11) is 1.35. The highest BCUT2D eigenvalue weighted by atomic mass is 35.5. The number of cyclic esters (lactones) is 1. The molecule has 0 saturated carbocycles. The number of methoxy groups -OCH3 is 1. The van der Waals surface area contributed by atoms with Gasteiger partial charge < -0.3 is 14.2 Å². The van der Waals surface area contributed by atoms with E-state index >= 15 is 0 Å². The molecule has 9 nitrogen and oxygen atoms in total. The summed E-state index contributed by atoms with van der Waals surface area (Å²) in [5, 5.41) is 11.3. The summed E-state index contributed by atoms with van der Waals surface area (Å²) in [4.78, 5) is 39.5. The summed E-state index contributed by atoms with van der Waals surface area (Å²) >= 11 is 18.2. The van der Waals surface area contributed by atoms with Gasteiger partial charge in [-0.05, 0) is 48.0 Å². The second-order valence-corrected chi connectivity index (χ2v) is 8.38. The minimum absolute atomic E-state index is 0.0190. The molecule has 1 heterocycles. The van der Waals surface area contributed by atoms with E-state index in [0.29, 0.717) is 5.56 Å². The molecule has 0 atom stereocenters. The molecule has 0 unspecified atom stereocenters. The van der Waals surface area contributed by atoms with Gasteiger partial charge in [-0.1, -0.05) is 46.9 Å². The fraction of sp³-hybridized carbons (Fsp3) is 0.0417. The van der Waals surface area contributed by atoms with Gasteiger partial charge in [0.15, 0.2) is 17.2 Å². The zero-order valence-corrected chi connectivity index (χ0v) is 20.4. The van der Waals surface area contributed by atoms with Crippen molar-refractivity contribution in [2.24, 2.45) is 4.99 Å². The summed E-state index contributed by atoms with van der Waals surface area (Å²) in [6.07, 6.45) is 1.37. The van der Waals surface area contributed by atoms with E-state index in [9.17, 15) is 19.7 Å². The third kappa shape index (κ3) is 5.18. The van der Waals surface area contributed by atoms with Crippen molar-refractivity contribution in [2.75, 3.05) is 7.11 Å². The van der Waals surface area contributed by atoms with Crippen molar-refractivity contribution in [2.45, 2.75) is 0 Å². The van der Waals surface area contributed by atoms with Crippen molar-refractivity contribution in [3.8, 4) is 11.5 Å². The first-order valence-corrected chi connectivity index (χ1v) is 11.1. The average Bonchev–Trinajstić information content (AvgIpc) is 3.20. The van der Waals surface area contributed by atoms with E-state index < -0.39 is 16.9 Å². The maximum Gasteiger partial charge on any atom is 0.363 e. The van der Waals surface area contributed by atoms with Gasteiger partial charge in [0.05, 0.1) is 27.6 Å². The first kappa shape index (κ1) is 25.2. The van der Waals surface area contributed by atoms with Gasteiger partial charge in [-0.25, -0.2) is 14.6 Å².